The number of halogens is 2. The third kappa shape index (κ3) is 6.34. The molecule has 1 unspecified atom stereocenters. The minimum Gasteiger partial charge on any atom is -0.375 e. The van der Waals surface area contributed by atoms with Crippen molar-refractivity contribution in [3.05, 3.63) is 59.7 Å². The molecule has 0 aliphatic rings. The van der Waals surface area contributed by atoms with Crippen LogP contribution in [-0.4, -0.2) is 31.7 Å². The van der Waals surface area contributed by atoms with E-state index in [0.717, 1.165) is 0 Å². The van der Waals surface area contributed by atoms with Gasteiger partial charge < -0.3 is 20.7 Å². The molecule has 1 atom stereocenters. The lowest BCUT2D eigenvalue weighted by molar-refractivity contribution is -0.119. The van der Waals surface area contributed by atoms with Gasteiger partial charge in [-0.15, -0.1) is 0 Å². The van der Waals surface area contributed by atoms with Gasteiger partial charge in [0.1, 0.15) is 18.2 Å². The lowest BCUT2D eigenvalue weighted by atomic mass is 10.1. The van der Waals surface area contributed by atoms with E-state index in [2.05, 4.69) is 16.0 Å². The van der Waals surface area contributed by atoms with Gasteiger partial charge in [-0.3, -0.25) is 4.79 Å². The third-order valence-electron chi connectivity index (χ3n) is 3.63. The summed E-state index contributed by atoms with van der Waals surface area (Å²) in [5.41, 5.74) is 0.872. The molecule has 0 aliphatic carbocycles. The summed E-state index contributed by atoms with van der Waals surface area (Å²) in [4.78, 5) is 23.6. The smallest absolute Gasteiger partial charge is 0.319 e. The molecule has 3 amide bonds. The van der Waals surface area contributed by atoms with Crippen LogP contribution in [0.25, 0.3) is 0 Å². The SMILES string of the molecule is COCC(=O)Nc1cccc(NC(=O)NC(C)Cc2c(F)cccc2F)c1. The second-order valence-electron chi connectivity index (χ2n) is 5.97. The normalized spacial score (nSPS) is 11.6. The van der Waals surface area contributed by atoms with Gasteiger partial charge in [0, 0.05) is 30.1 Å². The summed E-state index contributed by atoms with van der Waals surface area (Å²) in [6.07, 6.45) is 0.0129. The van der Waals surface area contributed by atoms with E-state index in [1.54, 1.807) is 31.2 Å². The Labute approximate surface area is 155 Å². The average molecular weight is 377 g/mol. The molecule has 144 valence electrons. The zero-order valence-corrected chi connectivity index (χ0v) is 15.0. The topological polar surface area (TPSA) is 79.5 Å². The standard InChI is InChI=1S/C19H21F2N3O3/c1-12(9-15-16(20)7-4-8-17(15)21)22-19(26)24-14-6-3-5-13(10-14)23-18(25)11-27-2/h3-8,10,12H,9,11H2,1-2H3,(H,23,25)(H2,22,24,26). The van der Waals surface area contributed by atoms with Crippen LogP contribution in [0.3, 0.4) is 0 Å². The fraction of sp³-hybridized carbons (Fsp3) is 0.263. The number of urea groups is 1. The van der Waals surface area contributed by atoms with Gasteiger partial charge in [0.25, 0.3) is 0 Å². The first kappa shape index (κ1) is 20.3. The van der Waals surface area contributed by atoms with Crippen molar-refractivity contribution < 1.29 is 23.1 Å². The number of hydrogen-bond donors (Lipinski definition) is 3. The van der Waals surface area contributed by atoms with Gasteiger partial charge in [-0.05, 0) is 43.7 Å². The molecule has 3 N–H and O–H groups in total. The maximum atomic E-state index is 13.7. The Balaban J connectivity index is 1.92. The molecule has 0 saturated heterocycles. The first-order valence-electron chi connectivity index (χ1n) is 8.28. The van der Waals surface area contributed by atoms with Gasteiger partial charge in [-0.25, -0.2) is 13.6 Å². The van der Waals surface area contributed by atoms with Crippen LogP contribution in [0.15, 0.2) is 42.5 Å². The molecule has 0 heterocycles. The van der Waals surface area contributed by atoms with Gasteiger partial charge in [0.05, 0.1) is 0 Å². The minimum atomic E-state index is -0.649. The molecule has 0 radical (unpaired) electrons. The van der Waals surface area contributed by atoms with Crippen molar-refractivity contribution >= 4 is 23.3 Å². The first-order valence-corrected chi connectivity index (χ1v) is 8.28. The molecular weight excluding hydrogens is 356 g/mol. The van der Waals surface area contributed by atoms with Crippen molar-refractivity contribution in [3.63, 3.8) is 0 Å². The fourth-order valence-corrected chi connectivity index (χ4v) is 2.48. The Morgan fingerprint density at radius 3 is 2.26 bits per heavy atom. The predicted octanol–water partition coefficient (Wildman–Crippen LogP) is 3.30. The number of amides is 3. The van der Waals surface area contributed by atoms with Crippen molar-refractivity contribution in [1.82, 2.24) is 5.32 Å². The van der Waals surface area contributed by atoms with Crippen molar-refractivity contribution in [1.29, 1.82) is 0 Å². The van der Waals surface area contributed by atoms with Crippen LogP contribution in [0.5, 0.6) is 0 Å². The van der Waals surface area contributed by atoms with E-state index in [4.69, 9.17) is 4.74 Å². The molecule has 0 fully saturated rings. The highest BCUT2D eigenvalue weighted by Crippen LogP contribution is 2.16. The highest BCUT2D eigenvalue weighted by molar-refractivity contribution is 5.94. The Kier molecular flexibility index (Phi) is 7.25. The number of methoxy groups -OCH3 is 1. The Bertz CT molecular complexity index is 794. The molecule has 0 saturated carbocycles. The average Bonchev–Trinajstić information content (AvgIpc) is 2.58. The van der Waals surface area contributed by atoms with Crippen LogP contribution in [-0.2, 0) is 16.0 Å². The number of benzene rings is 2. The van der Waals surface area contributed by atoms with Crippen LogP contribution < -0.4 is 16.0 Å². The monoisotopic (exact) mass is 377 g/mol. The van der Waals surface area contributed by atoms with E-state index in [1.165, 1.54) is 25.3 Å². The van der Waals surface area contributed by atoms with Crippen LogP contribution in [0, 0.1) is 11.6 Å². The van der Waals surface area contributed by atoms with Crippen molar-refractivity contribution in [3.8, 4) is 0 Å². The second kappa shape index (κ2) is 9.63. The lowest BCUT2D eigenvalue weighted by Gasteiger charge is -2.16. The maximum Gasteiger partial charge on any atom is 0.319 e. The second-order valence-corrected chi connectivity index (χ2v) is 5.97. The third-order valence-corrected chi connectivity index (χ3v) is 3.63. The molecule has 2 rings (SSSR count). The van der Waals surface area contributed by atoms with Gasteiger partial charge in [0.2, 0.25) is 5.91 Å². The van der Waals surface area contributed by atoms with Crippen molar-refractivity contribution in [2.45, 2.75) is 19.4 Å². The number of carbonyl (C=O) groups is 2. The van der Waals surface area contributed by atoms with Gasteiger partial charge in [-0.2, -0.15) is 0 Å². The van der Waals surface area contributed by atoms with Crippen molar-refractivity contribution in [2.75, 3.05) is 24.4 Å². The van der Waals surface area contributed by atoms with Gasteiger partial charge in [-0.1, -0.05) is 12.1 Å². The van der Waals surface area contributed by atoms with Crippen molar-refractivity contribution in [2.24, 2.45) is 0 Å². The molecule has 8 heteroatoms. The van der Waals surface area contributed by atoms with E-state index >= 15 is 0 Å². The predicted molar refractivity (Wildman–Crippen MR) is 98.6 cm³/mol. The molecule has 0 aliphatic heterocycles. The van der Waals surface area contributed by atoms with Crippen LogP contribution in [0.1, 0.15) is 12.5 Å². The Morgan fingerprint density at radius 2 is 1.63 bits per heavy atom. The summed E-state index contributed by atoms with van der Waals surface area (Å²) in [6.45, 7) is 1.56. The number of anilines is 2. The molecule has 0 bridgehead atoms. The fourth-order valence-electron chi connectivity index (χ4n) is 2.48. The summed E-state index contributed by atoms with van der Waals surface area (Å²) >= 11 is 0. The van der Waals surface area contributed by atoms with E-state index in [0.29, 0.717) is 11.4 Å². The highest BCUT2D eigenvalue weighted by Gasteiger charge is 2.14. The number of carbonyl (C=O) groups excluding carboxylic acids is 2. The maximum absolute atomic E-state index is 13.7. The van der Waals surface area contributed by atoms with E-state index < -0.39 is 23.7 Å². The van der Waals surface area contributed by atoms with Gasteiger partial charge >= 0.3 is 6.03 Å². The number of ether oxygens (including phenoxy) is 1. The zero-order valence-electron chi connectivity index (χ0n) is 15.0. The minimum absolute atomic E-state index is 0.0129. The summed E-state index contributed by atoms with van der Waals surface area (Å²) in [5, 5.41) is 7.86. The molecule has 0 spiro atoms. The van der Waals surface area contributed by atoms with Gasteiger partial charge in [0.15, 0.2) is 0 Å². The number of nitrogens with one attached hydrogen (secondary N) is 3. The quantitative estimate of drug-likeness (QED) is 0.693. The van der Waals surface area contributed by atoms with E-state index in [-0.39, 0.29) is 24.5 Å². The highest BCUT2D eigenvalue weighted by atomic mass is 19.1. The molecule has 2 aromatic rings. The summed E-state index contributed by atoms with van der Waals surface area (Å²) in [6, 6.07) is 9.17. The summed E-state index contributed by atoms with van der Waals surface area (Å²) in [7, 11) is 1.41. The Hall–Kier alpha value is -3.00. The molecule has 27 heavy (non-hydrogen) atoms. The van der Waals surface area contributed by atoms with Crippen LogP contribution in [0.4, 0.5) is 25.0 Å². The molecule has 6 nitrogen and oxygen atoms in total. The number of hydrogen-bond acceptors (Lipinski definition) is 3. The summed E-state index contributed by atoms with van der Waals surface area (Å²) in [5.74, 6) is -1.62. The van der Waals surface area contributed by atoms with Crippen LogP contribution in [0.2, 0.25) is 0 Å². The Morgan fingerprint density at radius 1 is 1.04 bits per heavy atom. The first-order chi connectivity index (χ1) is 12.9. The summed E-state index contributed by atoms with van der Waals surface area (Å²) < 4.78 is 32.1. The molecule has 0 aromatic heterocycles. The van der Waals surface area contributed by atoms with E-state index in [9.17, 15) is 18.4 Å². The van der Waals surface area contributed by atoms with E-state index in [1.807, 2.05) is 0 Å². The number of rotatable bonds is 7. The largest absolute Gasteiger partial charge is 0.375 e. The van der Waals surface area contributed by atoms with Crippen LogP contribution >= 0.6 is 0 Å². The molecule has 2 aromatic carbocycles. The lowest BCUT2D eigenvalue weighted by Crippen LogP contribution is -2.37. The zero-order chi connectivity index (χ0) is 19.8. The molecular formula is C19H21F2N3O3.